The van der Waals surface area contributed by atoms with Crippen LogP contribution >= 0.6 is 23.2 Å². The van der Waals surface area contributed by atoms with Crippen molar-refractivity contribution in [2.24, 2.45) is 0 Å². The monoisotopic (exact) mass is 230 g/mol. The molecule has 0 amide bonds. The van der Waals surface area contributed by atoms with Crippen molar-refractivity contribution in [1.29, 1.82) is 0 Å². The second-order valence-electron chi connectivity index (χ2n) is 2.88. The second-order valence-corrected chi connectivity index (χ2v) is 7.41. The first-order valence-electron chi connectivity index (χ1n) is 4.16. The summed E-state index contributed by atoms with van der Waals surface area (Å²) in [5, 5.41) is 1.33. The van der Waals surface area contributed by atoms with E-state index in [2.05, 4.69) is 30.8 Å². The molecule has 0 atom stereocenters. The molecule has 0 unspecified atom stereocenters. The highest BCUT2D eigenvalue weighted by atomic mass is 35.5. The maximum Gasteiger partial charge on any atom is 0.102 e. The van der Waals surface area contributed by atoms with Gasteiger partial charge in [0.25, 0.3) is 0 Å². The Hall–Kier alpha value is -0.243. The van der Waals surface area contributed by atoms with E-state index in [-0.39, 0.29) is 0 Å². The lowest BCUT2D eigenvalue weighted by atomic mass is 10.2. The average molecular weight is 231 g/mol. The van der Waals surface area contributed by atoms with Gasteiger partial charge in [-0.3, -0.25) is 0 Å². The molecular weight excluding hydrogens is 219 g/mol. The van der Waals surface area contributed by atoms with Crippen LogP contribution in [0, 0.1) is 0 Å². The quantitative estimate of drug-likeness (QED) is 0.551. The summed E-state index contributed by atoms with van der Waals surface area (Å²) in [6.45, 7) is 3.70. The van der Waals surface area contributed by atoms with Crippen molar-refractivity contribution >= 4 is 43.3 Å². The van der Waals surface area contributed by atoms with Crippen molar-refractivity contribution in [3.63, 3.8) is 0 Å². The van der Waals surface area contributed by atoms with Gasteiger partial charge < -0.3 is 0 Å². The smallest absolute Gasteiger partial charge is 0.102 e. The third-order valence-corrected chi connectivity index (χ3v) is 6.32. The summed E-state index contributed by atoms with van der Waals surface area (Å²) in [5.74, 6) is 0. The Kier molecular flexibility index (Phi) is 4.57. The van der Waals surface area contributed by atoms with E-state index >= 15 is 0 Å². The van der Waals surface area contributed by atoms with Gasteiger partial charge in [0.15, 0.2) is 0 Å². The Balaban J connectivity index is 2.83. The lowest BCUT2D eigenvalue weighted by molar-refractivity contribution is 1.68. The van der Waals surface area contributed by atoms with Crippen LogP contribution in [-0.4, -0.2) is 19.8 Å². The average Bonchev–Trinajstić information content (AvgIpc) is 2.21. The molecule has 1 aromatic carbocycles. The van der Waals surface area contributed by atoms with E-state index in [4.69, 9.17) is 23.2 Å². The van der Waals surface area contributed by atoms with Gasteiger partial charge in [-0.15, -0.1) is 23.2 Å². The van der Waals surface area contributed by atoms with Crippen LogP contribution in [0.15, 0.2) is 30.8 Å². The zero-order valence-electron chi connectivity index (χ0n) is 7.34. The third-order valence-electron chi connectivity index (χ3n) is 2.02. The van der Waals surface area contributed by atoms with Crippen molar-refractivity contribution in [3.05, 3.63) is 36.4 Å². The molecular formula is C10H12Cl2Si. The Morgan fingerprint density at radius 1 is 1.15 bits per heavy atom. The molecule has 70 valence electrons. The highest BCUT2D eigenvalue weighted by molar-refractivity contribution is 6.83. The molecule has 0 N–H and O–H groups in total. The number of hydrogen-bond acceptors (Lipinski definition) is 0. The van der Waals surface area contributed by atoms with Gasteiger partial charge in [0.2, 0.25) is 0 Å². The summed E-state index contributed by atoms with van der Waals surface area (Å²) < 4.78 is 0. The number of halogens is 2. The molecule has 0 spiro atoms. The second kappa shape index (κ2) is 5.48. The van der Waals surface area contributed by atoms with Crippen molar-refractivity contribution in [2.45, 2.75) is 0 Å². The molecule has 0 heterocycles. The van der Waals surface area contributed by atoms with Gasteiger partial charge in [0.05, 0.1) is 0 Å². The molecule has 0 nitrogen and oxygen atoms in total. The van der Waals surface area contributed by atoms with Crippen LogP contribution in [-0.2, 0) is 0 Å². The molecule has 0 radical (unpaired) electrons. The number of hydrogen-bond donors (Lipinski definition) is 0. The van der Waals surface area contributed by atoms with Crippen LogP contribution in [0.3, 0.4) is 0 Å². The van der Waals surface area contributed by atoms with E-state index in [1.807, 2.05) is 6.08 Å². The molecule has 0 bridgehead atoms. The van der Waals surface area contributed by atoms with Crippen LogP contribution in [0.5, 0.6) is 0 Å². The molecule has 0 aliphatic carbocycles. The fourth-order valence-electron chi connectivity index (χ4n) is 1.12. The Morgan fingerprint density at radius 2 is 1.69 bits per heavy atom. The predicted molar refractivity (Wildman–Crippen MR) is 64.8 cm³/mol. The molecule has 0 aliphatic rings. The van der Waals surface area contributed by atoms with Gasteiger partial charge in [-0.1, -0.05) is 42.1 Å². The lowest BCUT2D eigenvalue weighted by Gasteiger charge is -2.08. The maximum atomic E-state index is 5.83. The molecule has 1 aromatic rings. The van der Waals surface area contributed by atoms with Gasteiger partial charge in [-0.25, -0.2) is 0 Å². The van der Waals surface area contributed by atoms with E-state index in [1.54, 1.807) is 0 Å². The molecule has 13 heavy (non-hydrogen) atoms. The fraction of sp³-hybridized carbons (Fsp3) is 0.200. The standard InChI is InChI=1S/C10H12Cl2Si/c1-2-9-3-5-10(6-4-9)13(7-11)8-12/h2-6,13H,1,7-8H2. The van der Waals surface area contributed by atoms with Crippen LogP contribution in [0.2, 0.25) is 0 Å². The highest BCUT2D eigenvalue weighted by Gasteiger charge is 2.09. The zero-order chi connectivity index (χ0) is 9.68. The van der Waals surface area contributed by atoms with E-state index in [0.29, 0.717) is 11.0 Å². The normalized spacial score (nSPS) is 10.4. The highest BCUT2D eigenvalue weighted by Crippen LogP contribution is 2.00. The molecule has 0 saturated carbocycles. The minimum absolute atomic E-state index is 0.705. The minimum Gasteiger partial charge on any atom is -0.130 e. The number of benzene rings is 1. The van der Waals surface area contributed by atoms with Gasteiger partial charge >= 0.3 is 0 Å². The molecule has 0 saturated heterocycles. The summed E-state index contributed by atoms with van der Waals surface area (Å²) in [6.07, 6.45) is 1.84. The number of rotatable bonds is 4. The predicted octanol–water partition coefficient (Wildman–Crippen LogP) is 2.32. The van der Waals surface area contributed by atoms with Gasteiger partial charge in [0, 0.05) is 11.0 Å². The van der Waals surface area contributed by atoms with Crippen LogP contribution in [0.1, 0.15) is 5.56 Å². The first kappa shape index (κ1) is 10.8. The summed E-state index contributed by atoms with van der Waals surface area (Å²) >= 11 is 11.7. The lowest BCUT2D eigenvalue weighted by Crippen LogP contribution is -2.34. The van der Waals surface area contributed by atoms with Crippen LogP contribution in [0.25, 0.3) is 6.08 Å². The summed E-state index contributed by atoms with van der Waals surface area (Å²) in [5.41, 5.74) is 2.55. The topological polar surface area (TPSA) is 0 Å². The Bertz CT molecular complexity index is 265. The maximum absolute atomic E-state index is 5.83. The van der Waals surface area contributed by atoms with E-state index in [0.717, 1.165) is 5.56 Å². The summed E-state index contributed by atoms with van der Waals surface area (Å²) in [6, 6.07) is 8.33. The van der Waals surface area contributed by atoms with Crippen LogP contribution < -0.4 is 5.19 Å². The van der Waals surface area contributed by atoms with E-state index in [9.17, 15) is 0 Å². The van der Waals surface area contributed by atoms with Crippen molar-refractivity contribution in [2.75, 3.05) is 11.0 Å². The van der Waals surface area contributed by atoms with Crippen LogP contribution in [0.4, 0.5) is 0 Å². The molecule has 3 heteroatoms. The first-order chi connectivity index (χ1) is 6.31. The van der Waals surface area contributed by atoms with Gasteiger partial charge in [0.1, 0.15) is 8.80 Å². The van der Waals surface area contributed by atoms with E-state index in [1.165, 1.54) is 5.19 Å². The van der Waals surface area contributed by atoms with Crippen molar-refractivity contribution < 1.29 is 0 Å². The summed E-state index contributed by atoms with van der Waals surface area (Å²) in [7, 11) is -1.09. The molecule has 1 rings (SSSR count). The third kappa shape index (κ3) is 2.87. The Morgan fingerprint density at radius 3 is 2.08 bits per heavy atom. The largest absolute Gasteiger partial charge is 0.130 e. The SMILES string of the molecule is C=Cc1ccc([SiH](CCl)CCl)cc1. The first-order valence-corrected chi connectivity index (χ1v) is 7.44. The minimum atomic E-state index is -1.09. The Labute approximate surface area is 90.8 Å². The molecule has 0 aliphatic heterocycles. The van der Waals surface area contributed by atoms with E-state index < -0.39 is 8.80 Å². The number of alkyl halides is 2. The summed E-state index contributed by atoms with van der Waals surface area (Å²) in [4.78, 5) is 0. The van der Waals surface area contributed by atoms with Gasteiger partial charge in [-0.05, 0) is 5.56 Å². The molecule has 0 aromatic heterocycles. The molecule has 0 fully saturated rings. The zero-order valence-corrected chi connectivity index (χ0v) is 10.0. The van der Waals surface area contributed by atoms with Crippen molar-refractivity contribution in [3.8, 4) is 0 Å². The van der Waals surface area contributed by atoms with Crippen molar-refractivity contribution in [1.82, 2.24) is 0 Å². The fourth-order valence-corrected chi connectivity index (χ4v) is 4.36. The van der Waals surface area contributed by atoms with Gasteiger partial charge in [-0.2, -0.15) is 0 Å².